The van der Waals surface area contributed by atoms with Gasteiger partial charge in [0, 0.05) is 18.7 Å². The monoisotopic (exact) mass is 576 g/mol. The zero-order valence-corrected chi connectivity index (χ0v) is 22.1. The molecule has 0 bridgehead atoms. The number of hydrogen-bond acceptors (Lipinski definition) is 7. The van der Waals surface area contributed by atoms with E-state index in [-0.39, 0.29) is 39.2 Å². The van der Waals surface area contributed by atoms with Crippen molar-refractivity contribution in [3.8, 4) is 0 Å². The van der Waals surface area contributed by atoms with Crippen LogP contribution in [-0.4, -0.2) is 50.4 Å². The van der Waals surface area contributed by atoms with Crippen LogP contribution in [0.1, 0.15) is 55.7 Å². The Bertz CT molecular complexity index is 1320. The summed E-state index contributed by atoms with van der Waals surface area (Å²) in [6.45, 7) is 3.57. The van der Waals surface area contributed by atoms with E-state index in [1.54, 1.807) is 18.4 Å². The summed E-state index contributed by atoms with van der Waals surface area (Å²) < 4.78 is 52.6. The van der Waals surface area contributed by atoms with Crippen LogP contribution < -0.4 is 11.1 Å². The molecule has 0 aliphatic carbocycles. The lowest BCUT2D eigenvalue weighted by Crippen LogP contribution is -2.51. The van der Waals surface area contributed by atoms with Crippen molar-refractivity contribution in [3.05, 3.63) is 82.9 Å². The third-order valence-corrected chi connectivity index (χ3v) is 6.31. The van der Waals surface area contributed by atoms with Crippen molar-refractivity contribution in [2.45, 2.75) is 65.3 Å². The summed E-state index contributed by atoms with van der Waals surface area (Å²) in [4.78, 5) is 26.7. The first-order valence-corrected chi connectivity index (χ1v) is 12.6. The molecule has 0 unspecified atom stereocenters. The summed E-state index contributed by atoms with van der Waals surface area (Å²) in [5.41, 5.74) is 4.80. The average molecular weight is 577 g/mol. The third-order valence-electron chi connectivity index (χ3n) is 6.31. The zero-order chi connectivity index (χ0) is 28.9. The second kappa shape index (κ2) is 13.1. The number of benzene rings is 2. The van der Waals surface area contributed by atoms with Gasteiger partial charge in [0.1, 0.15) is 12.6 Å². The highest BCUT2D eigenvalue weighted by atomic mass is 19.4. The molecule has 1 aliphatic rings. The predicted molar refractivity (Wildman–Crippen MR) is 144 cm³/mol. The maximum Gasteiger partial charge on any atom is 0.416 e. The van der Waals surface area contributed by atoms with Crippen molar-refractivity contribution >= 4 is 12.0 Å². The van der Waals surface area contributed by atoms with Crippen molar-refractivity contribution in [1.29, 1.82) is 0 Å². The fourth-order valence-electron chi connectivity index (χ4n) is 4.14. The number of aromatic nitrogens is 3. The van der Waals surface area contributed by atoms with Crippen LogP contribution >= 0.6 is 0 Å². The standard InChI is InChI=1S/C27H31F3N6O4.CH4/c1-26(2,31)24(37)32-21(17-39-15-18-8-4-3-5-9-18)23-34-33-22-14-35(12-13-36(22)23)25(38)40-16-19-10-6-7-11-20(19)27(28,29)30;/h3-11,21H,12-17,31H2,1-2H3,(H,32,37);1H4/t21-;/m1./s1. The van der Waals surface area contributed by atoms with Gasteiger partial charge < -0.3 is 25.1 Å². The number of alkyl halides is 3. The van der Waals surface area contributed by atoms with Crippen LogP contribution in [0.25, 0.3) is 0 Å². The molecule has 2 aromatic carbocycles. The molecule has 3 N–H and O–H groups in total. The Morgan fingerprint density at radius 2 is 1.71 bits per heavy atom. The van der Waals surface area contributed by atoms with Crippen LogP contribution in [0.3, 0.4) is 0 Å². The van der Waals surface area contributed by atoms with Crippen molar-refractivity contribution in [2.24, 2.45) is 5.73 Å². The number of rotatable bonds is 9. The highest BCUT2D eigenvalue weighted by Crippen LogP contribution is 2.32. The molecule has 0 fully saturated rings. The SMILES string of the molecule is C.CC(C)(N)C(=O)N[C@H](COCc1ccccc1)c1nnc2n1CCN(C(=O)OCc1ccccc1C(F)(F)F)C2. The number of ether oxygens (including phenoxy) is 2. The third kappa shape index (κ3) is 8.04. The Morgan fingerprint density at radius 1 is 1.02 bits per heavy atom. The number of nitrogens with one attached hydrogen (secondary N) is 1. The van der Waals surface area contributed by atoms with Crippen molar-refractivity contribution in [1.82, 2.24) is 25.0 Å². The second-order valence-corrected chi connectivity index (χ2v) is 10.0. The van der Waals surface area contributed by atoms with Crippen LogP contribution in [0.15, 0.2) is 54.6 Å². The van der Waals surface area contributed by atoms with Crippen LogP contribution in [0, 0.1) is 0 Å². The van der Waals surface area contributed by atoms with Gasteiger partial charge in [-0.15, -0.1) is 10.2 Å². The summed E-state index contributed by atoms with van der Waals surface area (Å²) in [5.74, 6) is 0.467. The average Bonchev–Trinajstić information content (AvgIpc) is 3.34. The smallest absolute Gasteiger partial charge is 0.416 e. The molecule has 1 aromatic heterocycles. The molecule has 0 radical (unpaired) electrons. The van der Waals surface area contributed by atoms with E-state index in [0.29, 0.717) is 18.3 Å². The fraction of sp³-hybridized carbons (Fsp3) is 0.429. The van der Waals surface area contributed by atoms with E-state index in [9.17, 15) is 22.8 Å². The molecular formula is C28H35F3N6O4. The van der Waals surface area contributed by atoms with Crippen LogP contribution in [0.4, 0.5) is 18.0 Å². The molecule has 222 valence electrons. The zero-order valence-electron chi connectivity index (χ0n) is 22.1. The number of carbonyl (C=O) groups excluding carboxylic acids is 2. The number of halogens is 3. The number of nitrogens with zero attached hydrogens (tertiary/aromatic N) is 4. The minimum Gasteiger partial charge on any atom is -0.445 e. The van der Waals surface area contributed by atoms with Crippen molar-refractivity contribution in [3.63, 3.8) is 0 Å². The highest BCUT2D eigenvalue weighted by molar-refractivity contribution is 5.85. The van der Waals surface area contributed by atoms with Crippen LogP contribution in [0.2, 0.25) is 0 Å². The molecule has 2 heterocycles. The minimum atomic E-state index is -4.56. The largest absolute Gasteiger partial charge is 0.445 e. The van der Waals surface area contributed by atoms with Gasteiger partial charge in [-0.25, -0.2) is 4.79 Å². The summed E-state index contributed by atoms with van der Waals surface area (Å²) in [5, 5.41) is 11.3. The van der Waals surface area contributed by atoms with Gasteiger partial charge in [-0.3, -0.25) is 9.69 Å². The topological polar surface area (TPSA) is 125 Å². The number of hydrogen-bond donors (Lipinski definition) is 2. The Hall–Kier alpha value is -3.97. The van der Waals surface area contributed by atoms with Gasteiger partial charge in [0.05, 0.1) is 30.9 Å². The summed E-state index contributed by atoms with van der Waals surface area (Å²) in [6, 6.07) is 13.8. The maximum absolute atomic E-state index is 13.3. The van der Waals surface area contributed by atoms with E-state index in [2.05, 4.69) is 15.5 Å². The fourth-order valence-corrected chi connectivity index (χ4v) is 4.14. The number of amides is 2. The van der Waals surface area contributed by atoms with Crippen molar-refractivity contribution in [2.75, 3.05) is 13.2 Å². The Morgan fingerprint density at radius 3 is 2.39 bits per heavy atom. The molecule has 1 aliphatic heterocycles. The summed E-state index contributed by atoms with van der Waals surface area (Å²) in [7, 11) is 0. The molecule has 4 rings (SSSR count). The van der Waals surface area contributed by atoms with E-state index in [1.165, 1.54) is 23.1 Å². The molecule has 41 heavy (non-hydrogen) atoms. The Kier molecular flexibility index (Phi) is 10.1. The minimum absolute atomic E-state index is 0. The second-order valence-electron chi connectivity index (χ2n) is 10.0. The first-order chi connectivity index (χ1) is 18.9. The first-order valence-electron chi connectivity index (χ1n) is 12.6. The maximum atomic E-state index is 13.3. The Balaban J connectivity index is 0.00000462. The molecule has 3 aromatic rings. The molecular weight excluding hydrogens is 541 g/mol. The summed E-state index contributed by atoms with van der Waals surface area (Å²) >= 11 is 0. The lowest BCUT2D eigenvalue weighted by atomic mass is 10.1. The number of nitrogens with two attached hydrogens (primary N) is 1. The molecule has 0 spiro atoms. The quantitative estimate of drug-likeness (QED) is 0.391. The van der Waals surface area contributed by atoms with Gasteiger partial charge in [-0.05, 0) is 25.5 Å². The summed E-state index contributed by atoms with van der Waals surface area (Å²) in [6.07, 6.45) is -5.33. The predicted octanol–water partition coefficient (Wildman–Crippen LogP) is 4.20. The van der Waals surface area contributed by atoms with Gasteiger partial charge in [-0.2, -0.15) is 13.2 Å². The molecule has 0 saturated heterocycles. The van der Waals surface area contributed by atoms with Crippen LogP contribution in [-0.2, 0) is 46.7 Å². The number of carbonyl (C=O) groups is 2. The normalized spacial score (nSPS) is 14.0. The molecule has 13 heteroatoms. The molecule has 1 atom stereocenters. The lowest BCUT2D eigenvalue weighted by molar-refractivity contribution is -0.138. The molecule has 0 saturated carbocycles. The molecule has 10 nitrogen and oxygen atoms in total. The van der Waals surface area contributed by atoms with Gasteiger partial charge in [0.15, 0.2) is 11.6 Å². The highest BCUT2D eigenvalue weighted by Gasteiger charge is 2.34. The van der Waals surface area contributed by atoms with E-state index in [0.717, 1.165) is 11.6 Å². The van der Waals surface area contributed by atoms with Crippen LogP contribution in [0.5, 0.6) is 0 Å². The van der Waals surface area contributed by atoms with E-state index < -0.39 is 41.9 Å². The van der Waals surface area contributed by atoms with Gasteiger partial charge in [-0.1, -0.05) is 56.0 Å². The Labute approximate surface area is 236 Å². The van der Waals surface area contributed by atoms with Crippen molar-refractivity contribution < 1.29 is 32.2 Å². The van der Waals surface area contributed by atoms with Gasteiger partial charge >= 0.3 is 12.3 Å². The number of fused-ring (bicyclic) bond motifs is 1. The first kappa shape index (κ1) is 31.6. The molecule has 2 amide bonds. The van der Waals surface area contributed by atoms with E-state index in [1.807, 2.05) is 30.3 Å². The van der Waals surface area contributed by atoms with Gasteiger partial charge in [0.2, 0.25) is 5.91 Å². The lowest BCUT2D eigenvalue weighted by Gasteiger charge is -2.29. The van der Waals surface area contributed by atoms with E-state index in [4.69, 9.17) is 15.2 Å². The van der Waals surface area contributed by atoms with E-state index >= 15 is 0 Å². The van der Waals surface area contributed by atoms with Gasteiger partial charge in [0.25, 0.3) is 0 Å².